The van der Waals surface area contributed by atoms with Gasteiger partial charge in [-0.2, -0.15) is 5.06 Å². The number of nitrogens with zero attached hydrogens (tertiary/aromatic N) is 2. The van der Waals surface area contributed by atoms with E-state index in [0.29, 0.717) is 18.7 Å². The van der Waals surface area contributed by atoms with Crippen LogP contribution >= 0.6 is 0 Å². The Kier molecular flexibility index (Phi) is 5.14. The van der Waals surface area contributed by atoms with Gasteiger partial charge in [-0.15, -0.1) is 0 Å². The Labute approximate surface area is 167 Å². The molecule has 2 fully saturated rings. The fourth-order valence-electron chi connectivity index (χ4n) is 4.04. The van der Waals surface area contributed by atoms with Crippen molar-refractivity contribution in [1.82, 2.24) is 9.96 Å². The second-order valence-electron chi connectivity index (χ2n) is 7.50. The molecule has 3 aliphatic rings. The molecule has 29 heavy (non-hydrogen) atoms. The Morgan fingerprint density at radius 1 is 1.10 bits per heavy atom. The summed E-state index contributed by atoms with van der Waals surface area (Å²) in [5.74, 6) is 4.55. The lowest BCUT2D eigenvalue weighted by molar-refractivity contribution is -0.140. The summed E-state index contributed by atoms with van der Waals surface area (Å²) in [7, 11) is 0. The lowest BCUT2D eigenvalue weighted by atomic mass is 10.0. The number of hydrogen-bond donors (Lipinski definition) is 1. The van der Waals surface area contributed by atoms with Crippen molar-refractivity contribution in [2.45, 2.75) is 25.3 Å². The topological polar surface area (TPSA) is 95.0 Å². The average Bonchev–Trinajstić information content (AvgIpc) is 3.21. The first kappa shape index (κ1) is 19.2. The molecule has 0 saturated carbocycles. The van der Waals surface area contributed by atoms with Crippen LogP contribution in [0.5, 0.6) is 0 Å². The third-order valence-corrected chi connectivity index (χ3v) is 5.55. The van der Waals surface area contributed by atoms with Crippen LogP contribution < -0.4 is 0 Å². The van der Waals surface area contributed by atoms with Crippen molar-refractivity contribution in [2.75, 3.05) is 19.6 Å². The fraction of sp³-hybridized carbons (Fsp3) is 0.364. The number of amides is 1. The van der Waals surface area contributed by atoms with E-state index < -0.39 is 23.5 Å². The highest BCUT2D eigenvalue weighted by Gasteiger charge is 2.46. The summed E-state index contributed by atoms with van der Waals surface area (Å²) in [4.78, 5) is 50.8. The molecular formula is C22H20N2O5. The molecule has 2 aliphatic heterocycles. The van der Waals surface area contributed by atoms with E-state index in [4.69, 9.17) is 0 Å². The van der Waals surface area contributed by atoms with Crippen molar-refractivity contribution in [1.29, 1.82) is 0 Å². The minimum absolute atomic E-state index is 0.0841. The highest BCUT2D eigenvalue weighted by Crippen LogP contribution is 2.30. The first-order valence-electron chi connectivity index (χ1n) is 9.60. The molecular weight excluding hydrogens is 372 g/mol. The molecule has 1 aromatic carbocycles. The minimum atomic E-state index is -1.20. The van der Waals surface area contributed by atoms with Crippen molar-refractivity contribution in [3.05, 3.63) is 47.0 Å². The van der Waals surface area contributed by atoms with Crippen molar-refractivity contribution < 1.29 is 24.4 Å². The van der Waals surface area contributed by atoms with E-state index in [0.717, 1.165) is 6.42 Å². The number of ketones is 3. The minimum Gasteiger partial charge on any atom is -0.324 e. The van der Waals surface area contributed by atoms with Crippen LogP contribution in [0.2, 0.25) is 0 Å². The number of hydrogen-bond acceptors (Lipinski definition) is 6. The summed E-state index contributed by atoms with van der Waals surface area (Å²) in [6, 6.07) is 3.73. The number of carbonyl (C=O) groups excluding carboxylic acids is 4. The molecule has 1 aromatic rings. The maximum atomic E-state index is 13.0. The number of hydroxylamine groups is 2. The molecule has 2 unspecified atom stereocenters. The van der Waals surface area contributed by atoms with Gasteiger partial charge in [-0.25, -0.2) is 0 Å². The molecule has 2 heterocycles. The lowest BCUT2D eigenvalue weighted by Gasteiger charge is -2.29. The number of rotatable bonds is 2. The lowest BCUT2D eigenvalue weighted by Crippen LogP contribution is -2.50. The van der Waals surface area contributed by atoms with E-state index in [1.807, 2.05) is 6.08 Å². The molecule has 0 spiro atoms. The van der Waals surface area contributed by atoms with E-state index in [9.17, 15) is 24.4 Å². The Balaban J connectivity index is 1.57. The molecule has 148 valence electrons. The molecule has 0 bridgehead atoms. The van der Waals surface area contributed by atoms with Crippen LogP contribution in [-0.4, -0.2) is 64.1 Å². The quantitative estimate of drug-likeness (QED) is 0.601. The van der Waals surface area contributed by atoms with Gasteiger partial charge < -0.3 is 10.1 Å². The van der Waals surface area contributed by atoms with Crippen LogP contribution in [0, 0.1) is 17.8 Å². The van der Waals surface area contributed by atoms with Crippen LogP contribution in [0.25, 0.3) is 0 Å². The third kappa shape index (κ3) is 3.65. The van der Waals surface area contributed by atoms with Crippen LogP contribution in [0.3, 0.4) is 0 Å². The Morgan fingerprint density at radius 3 is 2.66 bits per heavy atom. The molecule has 7 nitrogen and oxygen atoms in total. The summed E-state index contributed by atoms with van der Waals surface area (Å²) in [5.41, 5.74) is 0.964. The smallest absolute Gasteiger partial charge is 0.231 e. The summed E-state index contributed by atoms with van der Waals surface area (Å²) in [6.07, 6.45) is 4.37. The molecule has 4 rings (SSSR count). The summed E-state index contributed by atoms with van der Waals surface area (Å²) in [5, 5.41) is 10.7. The van der Waals surface area contributed by atoms with Crippen molar-refractivity contribution >= 4 is 23.3 Å². The third-order valence-electron chi connectivity index (χ3n) is 5.55. The predicted molar refractivity (Wildman–Crippen MR) is 102 cm³/mol. The van der Waals surface area contributed by atoms with Gasteiger partial charge in [0.15, 0.2) is 17.6 Å². The summed E-state index contributed by atoms with van der Waals surface area (Å²) >= 11 is 0. The van der Waals surface area contributed by atoms with Gasteiger partial charge in [0.05, 0.1) is 6.42 Å². The second-order valence-corrected chi connectivity index (χ2v) is 7.50. The number of likely N-dealkylation sites (tertiary alicyclic amines) is 1. The van der Waals surface area contributed by atoms with Gasteiger partial charge in [-0.05, 0) is 24.5 Å². The maximum absolute atomic E-state index is 13.0. The Morgan fingerprint density at radius 2 is 1.93 bits per heavy atom. The number of Topliss-reactive ketones (excluding diaryl/α,β-unsaturated/α-hetero) is 3. The SMILES string of the molecule is O=C1CCN(C2C(=O)c3cccc(C#C/C=C/C4CCN(O)C4)c3C2=O)C(=O)C1. The van der Waals surface area contributed by atoms with Gasteiger partial charge in [0, 0.05) is 42.7 Å². The first-order valence-corrected chi connectivity index (χ1v) is 9.60. The second kappa shape index (κ2) is 7.74. The molecule has 2 saturated heterocycles. The van der Waals surface area contributed by atoms with Crippen LogP contribution in [0.1, 0.15) is 45.5 Å². The van der Waals surface area contributed by atoms with Gasteiger partial charge in [0.2, 0.25) is 5.91 Å². The van der Waals surface area contributed by atoms with Crippen LogP contribution in [0.4, 0.5) is 0 Å². The number of allylic oxidation sites excluding steroid dienone is 1. The molecule has 7 heteroatoms. The highest BCUT2D eigenvalue weighted by atomic mass is 16.5. The van der Waals surface area contributed by atoms with Gasteiger partial charge in [-0.1, -0.05) is 30.0 Å². The van der Waals surface area contributed by atoms with E-state index in [1.54, 1.807) is 24.3 Å². The fourth-order valence-corrected chi connectivity index (χ4v) is 4.04. The van der Waals surface area contributed by atoms with E-state index in [2.05, 4.69) is 11.8 Å². The number of fused-ring (bicyclic) bond motifs is 1. The highest BCUT2D eigenvalue weighted by molar-refractivity contribution is 6.31. The molecule has 0 radical (unpaired) electrons. The van der Waals surface area contributed by atoms with Gasteiger partial charge in [-0.3, -0.25) is 19.2 Å². The van der Waals surface area contributed by atoms with Crippen LogP contribution in [0.15, 0.2) is 30.4 Å². The van der Waals surface area contributed by atoms with E-state index in [-0.39, 0.29) is 42.2 Å². The van der Waals surface area contributed by atoms with Gasteiger partial charge in [0.25, 0.3) is 0 Å². The molecule has 1 N–H and O–H groups in total. The Hall–Kier alpha value is -3.08. The number of benzene rings is 1. The van der Waals surface area contributed by atoms with Gasteiger partial charge in [0.1, 0.15) is 5.78 Å². The summed E-state index contributed by atoms with van der Waals surface area (Å²) in [6.45, 7) is 1.29. The van der Waals surface area contributed by atoms with Crippen molar-refractivity contribution in [3.8, 4) is 11.8 Å². The standard InChI is InChI=1S/C22H20N2O5/c25-16-9-11-24(18(26)12-16)20-21(27)17-7-3-6-15(19(17)22(20)28)5-2-1-4-14-8-10-23(29)13-14/h1,3-4,6-7,14,20,29H,8-13H2/b4-1+. The van der Waals surface area contributed by atoms with E-state index in [1.165, 1.54) is 9.96 Å². The zero-order valence-corrected chi connectivity index (χ0v) is 15.8. The van der Waals surface area contributed by atoms with Gasteiger partial charge >= 0.3 is 0 Å². The van der Waals surface area contributed by atoms with Crippen molar-refractivity contribution in [2.24, 2.45) is 5.92 Å². The zero-order valence-electron chi connectivity index (χ0n) is 15.8. The zero-order chi connectivity index (χ0) is 20.5. The summed E-state index contributed by atoms with van der Waals surface area (Å²) < 4.78 is 0. The Bertz CT molecular complexity index is 1000. The number of carbonyl (C=O) groups is 4. The first-order chi connectivity index (χ1) is 14.0. The van der Waals surface area contributed by atoms with E-state index >= 15 is 0 Å². The largest absolute Gasteiger partial charge is 0.324 e. The molecule has 1 amide bonds. The maximum Gasteiger partial charge on any atom is 0.231 e. The molecule has 2 atom stereocenters. The van der Waals surface area contributed by atoms with Crippen molar-refractivity contribution in [3.63, 3.8) is 0 Å². The molecule has 1 aliphatic carbocycles. The predicted octanol–water partition coefficient (Wildman–Crippen LogP) is 1.24. The van der Waals surface area contributed by atoms with Crippen LogP contribution in [-0.2, 0) is 9.59 Å². The normalized spacial score (nSPS) is 24.9. The average molecular weight is 392 g/mol. The molecule has 0 aromatic heterocycles. The monoisotopic (exact) mass is 392 g/mol. The number of piperidine rings is 1.